The molecule has 0 saturated heterocycles. The van der Waals surface area contributed by atoms with Gasteiger partial charge in [-0.3, -0.25) is 4.57 Å². The molecular formula is C24H51ClNO6P. The number of unbranched alkanes of at least 4 members (excludes halogenated alkanes) is 11. The van der Waals surface area contributed by atoms with E-state index in [-0.39, 0.29) is 26.4 Å². The van der Waals surface area contributed by atoms with E-state index >= 15 is 0 Å². The fraction of sp³-hybridized carbons (Fsp3) is 1.00. The average molecular weight is 516 g/mol. The topological polar surface area (TPSA) is 88.0 Å². The van der Waals surface area contributed by atoms with Crippen molar-refractivity contribution in [1.29, 1.82) is 0 Å². The first-order valence-electron chi connectivity index (χ1n) is 12.9. The number of phosphoric acid groups is 1. The van der Waals surface area contributed by atoms with Crippen molar-refractivity contribution in [3.05, 3.63) is 0 Å². The quantitative estimate of drug-likeness (QED) is 0.0815. The number of nitrogens with zero attached hydrogens (tertiary/aromatic N) is 1. The van der Waals surface area contributed by atoms with E-state index in [1.54, 1.807) is 0 Å². The Morgan fingerprint density at radius 3 is 1.88 bits per heavy atom. The molecule has 0 heterocycles. The van der Waals surface area contributed by atoms with Gasteiger partial charge in [0.1, 0.15) is 13.2 Å². The monoisotopic (exact) mass is 515 g/mol. The molecule has 0 aromatic carbocycles. The van der Waals surface area contributed by atoms with E-state index in [1.807, 2.05) is 21.1 Å². The number of halogens is 1. The Morgan fingerprint density at radius 2 is 1.36 bits per heavy atom. The number of likely N-dealkylation sites (N-methyl/N-ethyl adjacent to an activating group) is 1. The average Bonchev–Trinajstić information content (AvgIpc) is 2.72. The molecule has 0 aromatic heterocycles. The molecule has 0 bridgehead atoms. The molecule has 0 aliphatic carbocycles. The van der Waals surface area contributed by atoms with Crippen LogP contribution in [-0.2, 0) is 18.3 Å². The van der Waals surface area contributed by atoms with Gasteiger partial charge in [-0.1, -0.05) is 84.0 Å². The molecule has 0 rings (SSSR count). The fourth-order valence-corrected chi connectivity index (χ4v) is 4.30. The second-order valence-corrected chi connectivity index (χ2v) is 12.1. The molecule has 7 nitrogen and oxygen atoms in total. The highest BCUT2D eigenvalue weighted by molar-refractivity contribution is 7.45. The van der Waals surface area contributed by atoms with Gasteiger partial charge in [0.15, 0.2) is 0 Å². The van der Waals surface area contributed by atoms with Crippen LogP contribution in [0.15, 0.2) is 0 Å². The summed E-state index contributed by atoms with van der Waals surface area (Å²) in [4.78, 5) is 11.7. The van der Waals surface area contributed by atoms with Gasteiger partial charge in [0.05, 0.1) is 52.4 Å². The van der Waals surface area contributed by atoms with E-state index in [1.165, 1.54) is 64.2 Å². The normalized spacial score (nSPS) is 16.0. The molecule has 9 heteroatoms. The zero-order valence-electron chi connectivity index (χ0n) is 21.6. The van der Waals surface area contributed by atoms with Gasteiger partial charge in [-0.25, -0.2) is 0 Å². The first-order chi connectivity index (χ1) is 15.6. The first kappa shape index (κ1) is 33.3. The summed E-state index contributed by atoms with van der Waals surface area (Å²) >= 11 is 6.06. The summed E-state index contributed by atoms with van der Waals surface area (Å²) in [6, 6.07) is 0. The van der Waals surface area contributed by atoms with E-state index in [0.29, 0.717) is 17.4 Å². The van der Waals surface area contributed by atoms with Crippen LogP contribution in [0.5, 0.6) is 0 Å². The van der Waals surface area contributed by atoms with E-state index in [0.717, 1.165) is 12.8 Å². The van der Waals surface area contributed by atoms with Crippen molar-refractivity contribution in [2.24, 2.45) is 0 Å². The minimum atomic E-state index is -4.37. The third-order valence-electron chi connectivity index (χ3n) is 5.42. The Balaban J connectivity index is 3.56. The molecule has 200 valence electrons. The molecule has 0 fully saturated rings. The predicted octanol–water partition coefficient (Wildman–Crippen LogP) is 5.27. The predicted molar refractivity (Wildman–Crippen MR) is 135 cm³/mol. The van der Waals surface area contributed by atoms with Crippen molar-refractivity contribution in [2.75, 3.05) is 54.1 Å². The Morgan fingerprint density at radius 1 is 0.848 bits per heavy atom. The molecule has 0 amide bonds. The van der Waals surface area contributed by atoms with Crippen molar-refractivity contribution in [2.45, 2.75) is 102 Å². The lowest BCUT2D eigenvalue weighted by atomic mass is 10.0. The standard InChI is InChI=1S/C24H51ClNO6P/c1-5-6-7-8-9-10-11-12-13-14-15-16-17-24(27)22-30-20-23(25)21-32-33(28,29)31-19-18-26(2,3)4/h23-24,27H,5-22H2,1-4H3. The minimum absolute atomic E-state index is 0.0546. The summed E-state index contributed by atoms with van der Waals surface area (Å²) in [6.45, 7) is 2.92. The van der Waals surface area contributed by atoms with E-state index in [9.17, 15) is 14.6 Å². The zero-order chi connectivity index (χ0) is 25.0. The van der Waals surface area contributed by atoms with Gasteiger partial charge in [-0.2, -0.15) is 0 Å². The molecule has 0 aromatic rings. The lowest BCUT2D eigenvalue weighted by Gasteiger charge is -2.27. The number of rotatable bonds is 24. The van der Waals surface area contributed by atoms with Crippen molar-refractivity contribution in [3.8, 4) is 0 Å². The van der Waals surface area contributed by atoms with Gasteiger partial charge in [-0.15, -0.1) is 11.6 Å². The van der Waals surface area contributed by atoms with Crippen LogP contribution < -0.4 is 4.89 Å². The molecule has 0 aliphatic heterocycles. The van der Waals surface area contributed by atoms with Crippen molar-refractivity contribution >= 4 is 19.4 Å². The van der Waals surface area contributed by atoms with Gasteiger partial charge >= 0.3 is 0 Å². The van der Waals surface area contributed by atoms with Crippen LogP contribution in [0.2, 0.25) is 0 Å². The summed E-state index contributed by atoms with van der Waals surface area (Å²) in [7, 11) is 1.46. The molecule has 33 heavy (non-hydrogen) atoms. The van der Waals surface area contributed by atoms with Crippen LogP contribution >= 0.6 is 19.4 Å². The number of aliphatic hydroxyl groups is 1. The molecule has 0 aliphatic rings. The van der Waals surface area contributed by atoms with E-state index in [2.05, 4.69) is 6.92 Å². The smallest absolute Gasteiger partial charge is 0.268 e. The minimum Gasteiger partial charge on any atom is -0.756 e. The van der Waals surface area contributed by atoms with Gasteiger partial charge < -0.3 is 28.3 Å². The SMILES string of the molecule is CCCCCCCCCCCCCCC(O)COCC(Cl)COP(=O)([O-])OCC[N+](C)(C)C. The highest BCUT2D eigenvalue weighted by Gasteiger charge is 2.16. The summed E-state index contributed by atoms with van der Waals surface area (Å²) < 4.78 is 27.4. The summed E-state index contributed by atoms with van der Waals surface area (Å²) in [5.41, 5.74) is 0. The summed E-state index contributed by atoms with van der Waals surface area (Å²) in [5.74, 6) is 0. The number of quaternary nitrogens is 1. The van der Waals surface area contributed by atoms with Crippen LogP contribution in [-0.4, -0.2) is 75.2 Å². The molecule has 0 spiro atoms. The molecule has 0 saturated carbocycles. The third kappa shape index (κ3) is 25.2. The van der Waals surface area contributed by atoms with E-state index in [4.69, 9.17) is 25.4 Å². The van der Waals surface area contributed by atoms with Crippen LogP contribution in [0.1, 0.15) is 90.4 Å². The van der Waals surface area contributed by atoms with Gasteiger partial charge in [0.25, 0.3) is 7.82 Å². The lowest BCUT2D eigenvalue weighted by molar-refractivity contribution is -0.870. The molecule has 1 N–H and O–H groups in total. The van der Waals surface area contributed by atoms with Gasteiger partial charge in [-0.05, 0) is 6.42 Å². The van der Waals surface area contributed by atoms with Crippen LogP contribution in [0.25, 0.3) is 0 Å². The lowest BCUT2D eigenvalue weighted by Crippen LogP contribution is -2.37. The Labute approximate surface area is 208 Å². The molecular weight excluding hydrogens is 465 g/mol. The fourth-order valence-electron chi connectivity index (χ4n) is 3.32. The number of hydrogen-bond acceptors (Lipinski definition) is 6. The van der Waals surface area contributed by atoms with Crippen LogP contribution in [0, 0.1) is 0 Å². The highest BCUT2D eigenvalue weighted by atomic mass is 35.5. The van der Waals surface area contributed by atoms with Gasteiger partial charge in [0, 0.05) is 0 Å². The maximum absolute atomic E-state index is 11.7. The number of ether oxygens (including phenoxy) is 1. The number of alkyl halides is 1. The Bertz CT molecular complexity index is 492. The number of hydrogen-bond donors (Lipinski definition) is 1. The number of aliphatic hydroxyl groups excluding tert-OH is 1. The second-order valence-electron chi connectivity index (χ2n) is 10.1. The Hall–Kier alpha value is 0.280. The largest absolute Gasteiger partial charge is 0.756 e. The highest BCUT2D eigenvalue weighted by Crippen LogP contribution is 2.38. The van der Waals surface area contributed by atoms with Crippen molar-refractivity contribution in [1.82, 2.24) is 0 Å². The molecule has 0 radical (unpaired) electrons. The van der Waals surface area contributed by atoms with Crippen molar-refractivity contribution < 1.29 is 32.8 Å². The van der Waals surface area contributed by atoms with E-state index < -0.39 is 19.3 Å². The second kappa shape index (κ2) is 20.5. The third-order valence-corrected chi connectivity index (χ3v) is 6.64. The first-order valence-corrected chi connectivity index (χ1v) is 14.8. The van der Waals surface area contributed by atoms with Crippen LogP contribution in [0.4, 0.5) is 0 Å². The zero-order valence-corrected chi connectivity index (χ0v) is 23.3. The number of phosphoric ester groups is 1. The van der Waals surface area contributed by atoms with Crippen LogP contribution in [0.3, 0.4) is 0 Å². The molecule has 3 atom stereocenters. The Kier molecular flexibility index (Phi) is 20.6. The van der Waals surface area contributed by atoms with Crippen molar-refractivity contribution in [3.63, 3.8) is 0 Å². The van der Waals surface area contributed by atoms with Gasteiger partial charge in [0.2, 0.25) is 0 Å². The maximum Gasteiger partial charge on any atom is 0.268 e. The summed E-state index contributed by atoms with van der Waals surface area (Å²) in [5, 5.41) is 9.40. The summed E-state index contributed by atoms with van der Waals surface area (Å²) in [6.07, 6.45) is 15.6. The molecule has 3 unspecified atom stereocenters. The maximum atomic E-state index is 11.7.